The van der Waals surface area contributed by atoms with Crippen LogP contribution in [0, 0.1) is 12.8 Å². The van der Waals surface area contributed by atoms with Gasteiger partial charge in [-0.1, -0.05) is 13.3 Å². The fourth-order valence-electron chi connectivity index (χ4n) is 2.09. The minimum atomic E-state index is 0.601. The Morgan fingerprint density at radius 1 is 1.43 bits per heavy atom. The zero-order valence-electron chi connectivity index (χ0n) is 8.83. The Bertz CT molecular complexity index is 311. The molecule has 1 aromatic heterocycles. The Kier molecular flexibility index (Phi) is 2.66. The van der Waals surface area contributed by atoms with Gasteiger partial charge in [0.15, 0.2) is 0 Å². The zero-order valence-corrected chi connectivity index (χ0v) is 8.83. The summed E-state index contributed by atoms with van der Waals surface area (Å²) in [7, 11) is 0. The van der Waals surface area contributed by atoms with Gasteiger partial charge in [0.2, 0.25) is 0 Å². The van der Waals surface area contributed by atoms with Crippen molar-refractivity contribution in [3.63, 3.8) is 0 Å². The number of rotatable bonds is 2. The van der Waals surface area contributed by atoms with Crippen molar-refractivity contribution in [1.29, 1.82) is 0 Å². The van der Waals surface area contributed by atoms with Crippen LogP contribution in [-0.2, 0) is 0 Å². The molecular weight excluding hydrogens is 174 g/mol. The van der Waals surface area contributed by atoms with Gasteiger partial charge >= 0.3 is 0 Å². The Morgan fingerprint density at radius 2 is 2.29 bits per heavy atom. The monoisotopic (exact) mass is 191 g/mol. The van der Waals surface area contributed by atoms with Gasteiger partial charge in [-0.2, -0.15) is 0 Å². The standard InChI is InChI=1S/C11H17N3/c1-8-4-3-5-10(8)14-11-6-7-12-9(2)13-11/h6-8,10H,3-5H2,1-2H3,(H,12,13,14). The van der Waals surface area contributed by atoms with Crippen LogP contribution in [0.25, 0.3) is 0 Å². The van der Waals surface area contributed by atoms with Gasteiger partial charge in [0.05, 0.1) is 0 Å². The summed E-state index contributed by atoms with van der Waals surface area (Å²) in [5.74, 6) is 2.57. The Hall–Kier alpha value is -1.12. The van der Waals surface area contributed by atoms with Crippen molar-refractivity contribution >= 4 is 5.82 Å². The molecule has 0 aromatic carbocycles. The molecular formula is C11H17N3. The Balaban J connectivity index is 2.03. The highest BCUT2D eigenvalue weighted by Crippen LogP contribution is 2.27. The van der Waals surface area contributed by atoms with E-state index in [0.717, 1.165) is 17.6 Å². The van der Waals surface area contributed by atoms with E-state index in [9.17, 15) is 0 Å². The zero-order chi connectivity index (χ0) is 9.97. The van der Waals surface area contributed by atoms with Crippen molar-refractivity contribution in [3.8, 4) is 0 Å². The van der Waals surface area contributed by atoms with Gasteiger partial charge in [0, 0.05) is 12.2 Å². The van der Waals surface area contributed by atoms with Crippen molar-refractivity contribution in [2.45, 2.75) is 39.2 Å². The van der Waals surface area contributed by atoms with Crippen LogP contribution in [0.5, 0.6) is 0 Å². The molecule has 1 N–H and O–H groups in total. The second kappa shape index (κ2) is 3.95. The number of nitrogens with zero attached hydrogens (tertiary/aromatic N) is 2. The third-order valence-corrected chi connectivity index (χ3v) is 2.97. The van der Waals surface area contributed by atoms with E-state index in [1.807, 2.05) is 19.2 Å². The Labute approximate surface area is 85.0 Å². The maximum atomic E-state index is 4.35. The van der Waals surface area contributed by atoms with Crippen LogP contribution in [0.15, 0.2) is 12.3 Å². The lowest BCUT2D eigenvalue weighted by atomic mass is 10.1. The molecule has 3 nitrogen and oxygen atoms in total. The van der Waals surface area contributed by atoms with Crippen LogP contribution in [0.2, 0.25) is 0 Å². The lowest BCUT2D eigenvalue weighted by Crippen LogP contribution is -2.22. The molecule has 2 unspecified atom stereocenters. The largest absolute Gasteiger partial charge is 0.367 e. The topological polar surface area (TPSA) is 37.8 Å². The van der Waals surface area contributed by atoms with E-state index >= 15 is 0 Å². The molecule has 3 heteroatoms. The second-order valence-electron chi connectivity index (χ2n) is 4.15. The molecule has 0 saturated heterocycles. The number of nitrogens with one attached hydrogen (secondary N) is 1. The van der Waals surface area contributed by atoms with Crippen molar-refractivity contribution in [2.24, 2.45) is 5.92 Å². The maximum Gasteiger partial charge on any atom is 0.129 e. The third kappa shape index (κ3) is 2.03. The van der Waals surface area contributed by atoms with E-state index in [1.54, 1.807) is 0 Å². The lowest BCUT2D eigenvalue weighted by molar-refractivity contribution is 0.554. The summed E-state index contributed by atoms with van der Waals surface area (Å²) >= 11 is 0. The van der Waals surface area contributed by atoms with Crippen molar-refractivity contribution in [3.05, 3.63) is 18.1 Å². The van der Waals surface area contributed by atoms with Gasteiger partial charge in [0.25, 0.3) is 0 Å². The minimum absolute atomic E-state index is 0.601. The van der Waals surface area contributed by atoms with Crippen molar-refractivity contribution in [2.75, 3.05) is 5.32 Å². The van der Waals surface area contributed by atoms with Gasteiger partial charge in [0.1, 0.15) is 11.6 Å². The second-order valence-corrected chi connectivity index (χ2v) is 4.15. The first-order chi connectivity index (χ1) is 6.75. The first-order valence-corrected chi connectivity index (χ1v) is 5.32. The molecule has 14 heavy (non-hydrogen) atoms. The summed E-state index contributed by atoms with van der Waals surface area (Å²) in [5, 5.41) is 3.48. The average molecular weight is 191 g/mol. The summed E-state index contributed by atoms with van der Waals surface area (Å²) in [5.41, 5.74) is 0. The molecule has 0 bridgehead atoms. The molecule has 0 aliphatic heterocycles. The van der Waals surface area contributed by atoms with E-state index in [-0.39, 0.29) is 0 Å². The predicted molar refractivity (Wildman–Crippen MR) is 57.2 cm³/mol. The van der Waals surface area contributed by atoms with Crippen LogP contribution in [0.1, 0.15) is 32.0 Å². The van der Waals surface area contributed by atoms with Crippen LogP contribution in [-0.4, -0.2) is 16.0 Å². The molecule has 1 saturated carbocycles. The quantitative estimate of drug-likeness (QED) is 0.780. The molecule has 1 aliphatic rings. The summed E-state index contributed by atoms with van der Waals surface area (Å²) < 4.78 is 0. The number of hydrogen-bond acceptors (Lipinski definition) is 3. The SMILES string of the molecule is Cc1nccc(NC2CCCC2C)n1. The first kappa shape index (κ1) is 9.44. The number of aryl methyl sites for hydroxylation is 1. The number of anilines is 1. The molecule has 2 rings (SSSR count). The highest BCUT2D eigenvalue weighted by molar-refractivity contribution is 5.34. The molecule has 1 aromatic rings. The summed E-state index contributed by atoms with van der Waals surface area (Å²) in [6.45, 7) is 4.22. The smallest absolute Gasteiger partial charge is 0.129 e. The molecule has 1 fully saturated rings. The molecule has 0 amide bonds. The fourth-order valence-corrected chi connectivity index (χ4v) is 2.09. The van der Waals surface area contributed by atoms with Gasteiger partial charge < -0.3 is 5.32 Å². The highest BCUT2D eigenvalue weighted by Gasteiger charge is 2.23. The van der Waals surface area contributed by atoms with Crippen molar-refractivity contribution in [1.82, 2.24) is 9.97 Å². The predicted octanol–water partition coefficient (Wildman–Crippen LogP) is 2.39. The van der Waals surface area contributed by atoms with E-state index in [0.29, 0.717) is 6.04 Å². The minimum Gasteiger partial charge on any atom is -0.367 e. The molecule has 0 radical (unpaired) electrons. The molecule has 1 aliphatic carbocycles. The number of aromatic nitrogens is 2. The van der Waals surface area contributed by atoms with Crippen molar-refractivity contribution < 1.29 is 0 Å². The van der Waals surface area contributed by atoms with Gasteiger partial charge in [-0.15, -0.1) is 0 Å². The van der Waals surface area contributed by atoms with Crippen LogP contribution in [0.4, 0.5) is 5.82 Å². The fraction of sp³-hybridized carbons (Fsp3) is 0.636. The summed E-state index contributed by atoms with van der Waals surface area (Å²) in [4.78, 5) is 8.43. The molecule has 2 atom stereocenters. The van der Waals surface area contributed by atoms with E-state index in [1.165, 1.54) is 19.3 Å². The highest BCUT2D eigenvalue weighted by atomic mass is 15.0. The van der Waals surface area contributed by atoms with Crippen LogP contribution < -0.4 is 5.32 Å². The third-order valence-electron chi connectivity index (χ3n) is 2.97. The molecule has 76 valence electrons. The number of hydrogen-bond donors (Lipinski definition) is 1. The van der Waals surface area contributed by atoms with E-state index in [4.69, 9.17) is 0 Å². The van der Waals surface area contributed by atoms with Gasteiger partial charge in [-0.05, 0) is 31.7 Å². The summed E-state index contributed by atoms with van der Waals surface area (Å²) in [6, 6.07) is 2.54. The maximum absolute atomic E-state index is 4.35. The Morgan fingerprint density at radius 3 is 2.93 bits per heavy atom. The van der Waals surface area contributed by atoms with Gasteiger partial charge in [-0.25, -0.2) is 9.97 Å². The summed E-state index contributed by atoms with van der Waals surface area (Å²) in [6.07, 6.45) is 5.75. The molecule has 1 heterocycles. The van der Waals surface area contributed by atoms with Crippen LogP contribution >= 0.6 is 0 Å². The van der Waals surface area contributed by atoms with Crippen LogP contribution in [0.3, 0.4) is 0 Å². The molecule has 0 spiro atoms. The normalized spacial score (nSPS) is 26.4. The van der Waals surface area contributed by atoms with Gasteiger partial charge in [-0.3, -0.25) is 0 Å². The van der Waals surface area contributed by atoms with E-state index < -0.39 is 0 Å². The van der Waals surface area contributed by atoms with E-state index in [2.05, 4.69) is 22.2 Å². The first-order valence-electron chi connectivity index (χ1n) is 5.32. The lowest BCUT2D eigenvalue weighted by Gasteiger charge is -2.17. The average Bonchev–Trinajstić information content (AvgIpc) is 2.52.